The van der Waals surface area contributed by atoms with Gasteiger partial charge in [0.2, 0.25) is 0 Å². The normalized spacial score (nSPS) is 10.1. The highest BCUT2D eigenvalue weighted by Crippen LogP contribution is 2.32. The number of pyridine rings is 1. The van der Waals surface area contributed by atoms with Gasteiger partial charge in [-0.1, -0.05) is 18.2 Å². The zero-order chi connectivity index (χ0) is 13.3. The zero-order valence-corrected chi connectivity index (χ0v) is 10.2. The van der Waals surface area contributed by atoms with Crippen LogP contribution in [0.4, 0.5) is 10.2 Å². The monoisotopic (exact) mass is 241 g/mol. The molecule has 0 aliphatic carbocycles. The molecule has 3 nitrogen and oxygen atoms in total. The molecular weight excluding hydrogens is 229 g/mol. The molecule has 2 N–H and O–H groups in total. The minimum Gasteiger partial charge on any atom is -0.383 e. The van der Waals surface area contributed by atoms with Gasteiger partial charge in [-0.15, -0.1) is 0 Å². The van der Waals surface area contributed by atoms with Gasteiger partial charge in [0.05, 0.1) is 0 Å². The Morgan fingerprint density at radius 3 is 2.56 bits per heavy atom. The number of benzene rings is 1. The summed E-state index contributed by atoms with van der Waals surface area (Å²) in [5.41, 5.74) is 8.33. The first-order valence-corrected chi connectivity index (χ1v) is 5.48. The fourth-order valence-corrected chi connectivity index (χ4v) is 1.93. The van der Waals surface area contributed by atoms with Crippen LogP contribution in [-0.2, 0) is 0 Å². The number of nitrogens with two attached hydrogens (primary N) is 1. The van der Waals surface area contributed by atoms with Crippen molar-refractivity contribution in [2.24, 2.45) is 0 Å². The van der Waals surface area contributed by atoms with Gasteiger partial charge in [0.25, 0.3) is 0 Å². The topological polar surface area (TPSA) is 62.7 Å². The van der Waals surface area contributed by atoms with Crippen molar-refractivity contribution in [2.75, 3.05) is 5.73 Å². The standard InChI is InChI=1S/C14H12FN3/c1-8-9(2)18-14(17)11(7-16)13(8)10-5-3-4-6-12(10)15/h3-6H,1-2H3,(H2,17,18). The minimum atomic E-state index is -0.373. The lowest BCUT2D eigenvalue weighted by molar-refractivity contribution is 0.631. The van der Waals surface area contributed by atoms with Crippen LogP contribution in [0.25, 0.3) is 11.1 Å². The molecule has 1 aromatic carbocycles. The number of hydrogen-bond acceptors (Lipinski definition) is 3. The van der Waals surface area contributed by atoms with Crippen LogP contribution in [-0.4, -0.2) is 4.98 Å². The molecule has 0 aliphatic heterocycles. The summed E-state index contributed by atoms with van der Waals surface area (Å²) in [6.45, 7) is 3.60. The fraction of sp³-hybridized carbons (Fsp3) is 0.143. The van der Waals surface area contributed by atoms with Crippen LogP contribution in [0.2, 0.25) is 0 Å². The molecule has 90 valence electrons. The second kappa shape index (κ2) is 4.46. The number of halogens is 1. The first kappa shape index (κ1) is 12.1. The lowest BCUT2D eigenvalue weighted by Crippen LogP contribution is -2.03. The van der Waals surface area contributed by atoms with E-state index in [4.69, 9.17) is 5.73 Å². The summed E-state index contributed by atoms with van der Waals surface area (Å²) in [6, 6.07) is 8.34. The Labute approximate surface area is 105 Å². The van der Waals surface area contributed by atoms with Crippen molar-refractivity contribution < 1.29 is 4.39 Å². The number of nitrogens with zero attached hydrogens (tertiary/aromatic N) is 2. The predicted octanol–water partition coefficient (Wildman–Crippen LogP) is 2.96. The fourth-order valence-electron chi connectivity index (χ4n) is 1.93. The van der Waals surface area contributed by atoms with Gasteiger partial charge in [-0.25, -0.2) is 9.37 Å². The molecule has 4 heteroatoms. The maximum absolute atomic E-state index is 13.9. The van der Waals surface area contributed by atoms with E-state index in [0.717, 1.165) is 5.56 Å². The molecule has 2 rings (SSSR count). The van der Waals surface area contributed by atoms with Gasteiger partial charge in [-0.3, -0.25) is 0 Å². The predicted molar refractivity (Wildman–Crippen MR) is 68.2 cm³/mol. The number of aryl methyl sites for hydroxylation is 1. The maximum Gasteiger partial charge on any atom is 0.142 e. The third kappa shape index (κ3) is 1.80. The van der Waals surface area contributed by atoms with E-state index in [1.165, 1.54) is 6.07 Å². The lowest BCUT2D eigenvalue weighted by atomic mass is 9.95. The van der Waals surface area contributed by atoms with E-state index < -0.39 is 0 Å². The van der Waals surface area contributed by atoms with E-state index in [1.54, 1.807) is 25.1 Å². The van der Waals surface area contributed by atoms with Gasteiger partial charge < -0.3 is 5.73 Å². The SMILES string of the molecule is Cc1nc(N)c(C#N)c(-c2ccccc2F)c1C. The van der Waals surface area contributed by atoms with Gasteiger partial charge in [-0.2, -0.15) is 5.26 Å². The number of aromatic nitrogens is 1. The quantitative estimate of drug-likeness (QED) is 0.834. The molecule has 0 fully saturated rings. The number of anilines is 1. The van der Waals surface area contributed by atoms with Crippen molar-refractivity contribution >= 4 is 5.82 Å². The van der Waals surface area contributed by atoms with Crippen molar-refractivity contribution in [1.82, 2.24) is 4.98 Å². The Morgan fingerprint density at radius 2 is 1.94 bits per heavy atom. The van der Waals surface area contributed by atoms with Gasteiger partial charge in [0, 0.05) is 16.8 Å². The molecule has 0 unspecified atom stereocenters. The van der Waals surface area contributed by atoms with E-state index >= 15 is 0 Å². The van der Waals surface area contributed by atoms with Gasteiger partial charge in [0.1, 0.15) is 23.3 Å². The zero-order valence-electron chi connectivity index (χ0n) is 10.2. The Balaban J connectivity index is 2.87. The largest absolute Gasteiger partial charge is 0.383 e. The van der Waals surface area contributed by atoms with Gasteiger partial charge in [0.15, 0.2) is 0 Å². The molecule has 0 spiro atoms. The van der Waals surface area contributed by atoms with Gasteiger partial charge >= 0.3 is 0 Å². The van der Waals surface area contributed by atoms with Crippen molar-refractivity contribution in [3.05, 3.63) is 46.9 Å². The Kier molecular flexibility index (Phi) is 2.99. The van der Waals surface area contributed by atoms with E-state index in [9.17, 15) is 9.65 Å². The number of hydrogen-bond donors (Lipinski definition) is 1. The molecule has 2 aromatic rings. The highest BCUT2D eigenvalue weighted by atomic mass is 19.1. The molecule has 0 saturated carbocycles. The number of nitrogen functional groups attached to an aromatic ring is 1. The highest BCUT2D eigenvalue weighted by Gasteiger charge is 2.17. The first-order chi connectivity index (χ1) is 8.56. The Bertz CT molecular complexity index is 657. The van der Waals surface area contributed by atoms with E-state index in [1.807, 2.05) is 13.0 Å². The number of rotatable bonds is 1. The molecule has 0 amide bonds. The molecule has 1 aromatic heterocycles. The highest BCUT2D eigenvalue weighted by molar-refractivity contribution is 5.79. The summed E-state index contributed by atoms with van der Waals surface area (Å²) in [5, 5.41) is 9.17. The summed E-state index contributed by atoms with van der Waals surface area (Å²) < 4.78 is 13.9. The summed E-state index contributed by atoms with van der Waals surface area (Å²) in [5.74, 6) is -0.235. The molecule has 0 bridgehead atoms. The van der Waals surface area contributed by atoms with Crippen LogP contribution in [0.1, 0.15) is 16.8 Å². The second-order valence-corrected chi connectivity index (χ2v) is 4.05. The van der Waals surface area contributed by atoms with Crippen LogP contribution in [0.3, 0.4) is 0 Å². The maximum atomic E-state index is 13.9. The molecular formula is C14H12FN3. The first-order valence-electron chi connectivity index (χ1n) is 5.48. The van der Waals surface area contributed by atoms with E-state index in [-0.39, 0.29) is 17.2 Å². The molecule has 0 saturated heterocycles. The molecule has 0 aliphatic rings. The van der Waals surface area contributed by atoms with Crippen LogP contribution >= 0.6 is 0 Å². The van der Waals surface area contributed by atoms with Crippen molar-refractivity contribution in [3.8, 4) is 17.2 Å². The van der Waals surface area contributed by atoms with Gasteiger partial charge in [-0.05, 0) is 25.5 Å². The molecule has 0 radical (unpaired) electrons. The average molecular weight is 241 g/mol. The third-order valence-corrected chi connectivity index (χ3v) is 2.97. The van der Waals surface area contributed by atoms with Crippen LogP contribution in [0.5, 0.6) is 0 Å². The summed E-state index contributed by atoms with van der Waals surface area (Å²) >= 11 is 0. The third-order valence-electron chi connectivity index (χ3n) is 2.97. The summed E-state index contributed by atoms with van der Waals surface area (Å²) in [6.07, 6.45) is 0. The molecule has 1 heterocycles. The lowest BCUT2D eigenvalue weighted by Gasteiger charge is -2.13. The summed E-state index contributed by atoms with van der Waals surface area (Å²) in [4.78, 5) is 4.09. The van der Waals surface area contributed by atoms with E-state index in [0.29, 0.717) is 16.8 Å². The van der Waals surface area contributed by atoms with Crippen LogP contribution in [0, 0.1) is 31.0 Å². The summed E-state index contributed by atoms with van der Waals surface area (Å²) in [7, 11) is 0. The number of nitriles is 1. The average Bonchev–Trinajstić information content (AvgIpc) is 2.34. The smallest absolute Gasteiger partial charge is 0.142 e. The minimum absolute atomic E-state index is 0.138. The van der Waals surface area contributed by atoms with Crippen molar-refractivity contribution in [3.63, 3.8) is 0 Å². The van der Waals surface area contributed by atoms with Crippen molar-refractivity contribution in [2.45, 2.75) is 13.8 Å². The van der Waals surface area contributed by atoms with Crippen molar-refractivity contribution in [1.29, 1.82) is 5.26 Å². The van der Waals surface area contributed by atoms with Crippen LogP contribution < -0.4 is 5.73 Å². The van der Waals surface area contributed by atoms with Crippen LogP contribution in [0.15, 0.2) is 24.3 Å². The second-order valence-electron chi connectivity index (χ2n) is 4.05. The Morgan fingerprint density at radius 1 is 1.28 bits per heavy atom. The Hall–Kier alpha value is -2.41. The molecule has 0 atom stereocenters. The molecule has 18 heavy (non-hydrogen) atoms. The van der Waals surface area contributed by atoms with E-state index in [2.05, 4.69) is 4.98 Å².